The fourth-order valence-electron chi connectivity index (χ4n) is 1.96. The Bertz CT molecular complexity index is 675. The second-order valence-corrected chi connectivity index (χ2v) is 4.52. The molecule has 0 radical (unpaired) electrons. The van der Waals surface area contributed by atoms with Crippen LogP contribution >= 0.6 is 0 Å². The van der Waals surface area contributed by atoms with Crippen LogP contribution in [0, 0.1) is 11.3 Å². The van der Waals surface area contributed by atoms with Gasteiger partial charge in [-0.1, -0.05) is 6.07 Å². The quantitative estimate of drug-likeness (QED) is 0.862. The molecule has 1 heterocycles. The molecular weight excluding hydrogens is 266 g/mol. The third-order valence-corrected chi connectivity index (χ3v) is 3.06. The summed E-state index contributed by atoms with van der Waals surface area (Å²) in [6, 6.07) is 12.3. The van der Waals surface area contributed by atoms with E-state index in [2.05, 4.69) is 4.98 Å². The van der Waals surface area contributed by atoms with Crippen molar-refractivity contribution < 1.29 is 9.53 Å². The minimum atomic E-state index is -0.120. The first kappa shape index (κ1) is 14.5. The van der Waals surface area contributed by atoms with Crippen molar-refractivity contribution in [1.82, 2.24) is 9.88 Å². The summed E-state index contributed by atoms with van der Waals surface area (Å²) in [6.45, 7) is 0.399. The van der Waals surface area contributed by atoms with E-state index in [4.69, 9.17) is 10.00 Å². The van der Waals surface area contributed by atoms with Crippen LogP contribution in [-0.4, -0.2) is 29.9 Å². The summed E-state index contributed by atoms with van der Waals surface area (Å²) < 4.78 is 5.18. The van der Waals surface area contributed by atoms with Gasteiger partial charge < -0.3 is 9.64 Å². The monoisotopic (exact) mass is 281 g/mol. The Morgan fingerprint density at radius 1 is 1.33 bits per heavy atom. The predicted molar refractivity (Wildman–Crippen MR) is 77.7 cm³/mol. The number of hydrogen-bond acceptors (Lipinski definition) is 4. The minimum Gasteiger partial charge on any atom is -0.481 e. The van der Waals surface area contributed by atoms with E-state index < -0.39 is 0 Å². The molecule has 0 saturated carbocycles. The van der Waals surface area contributed by atoms with Crippen LogP contribution in [0.4, 0.5) is 0 Å². The number of nitrogens with zero attached hydrogens (tertiary/aromatic N) is 3. The van der Waals surface area contributed by atoms with Gasteiger partial charge >= 0.3 is 0 Å². The van der Waals surface area contributed by atoms with Gasteiger partial charge in [-0.15, -0.1) is 0 Å². The molecular formula is C16H15N3O2. The lowest BCUT2D eigenvalue weighted by Crippen LogP contribution is -2.26. The maximum Gasteiger partial charge on any atom is 0.253 e. The van der Waals surface area contributed by atoms with E-state index in [0.717, 1.165) is 5.56 Å². The summed E-state index contributed by atoms with van der Waals surface area (Å²) in [5.74, 6) is 0.391. The predicted octanol–water partition coefficient (Wildman–Crippen LogP) is 2.23. The molecule has 0 saturated heterocycles. The van der Waals surface area contributed by atoms with Crippen LogP contribution in [0.1, 0.15) is 21.5 Å². The molecule has 0 aliphatic heterocycles. The third kappa shape index (κ3) is 3.37. The number of ether oxygens (including phenoxy) is 1. The lowest BCUT2D eigenvalue weighted by Gasteiger charge is -2.18. The molecule has 0 unspecified atom stereocenters. The molecule has 106 valence electrons. The Morgan fingerprint density at radius 2 is 2.05 bits per heavy atom. The number of aromatic nitrogens is 1. The number of nitriles is 1. The van der Waals surface area contributed by atoms with E-state index in [1.807, 2.05) is 12.1 Å². The fraction of sp³-hybridized carbons (Fsp3) is 0.188. The van der Waals surface area contributed by atoms with Crippen LogP contribution < -0.4 is 4.74 Å². The van der Waals surface area contributed by atoms with Crippen molar-refractivity contribution >= 4 is 5.91 Å². The third-order valence-electron chi connectivity index (χ3n) is 3.06. The summed E-state index contributed by atoms with van der Waals surface area (Å²) in [4.78, 5) is 18.0. The van der Waals surface area contributed by atoms with Gasteiger partial charge in [0.15, 0.2) is 0 Å². The van der Waals surface area contributed by atoms with Crippen molar-refractivity contribution in [1.29, 1.82) is 5.26 Å². The average molecular weight is 281 g/mol. The van der Waals surface area contributed by atoms with Gasteiger partial charge in [-0.25, -0.2) is 4.98 Å². The van der Waals surface area contributed by atoms with Gasteiger partial charge in [-0.3, -0.25) is 4.79 Å². The Balaban J connectivity index is 2.13. The number of hydrogen-bond donors (Lipinski definition) is 0. The van der Waals surface area contributed by atoms with E-state index in [1.54, 1.807) is 55.6 Å². The van der Waals surface area contributed by atoms with Crippen molar-refractivity contribution in [3.8, 4) is 11.9 Å². The molecule has 5 heteroatoms. The SMILES string of the molecule is COc1ncccc1CN(C)C(=O)c1ccc(C#N)cc1. The Kier molecular flexibility index (Phi) is 4.52. The maximum atomic E-state index is 12.3. The molecule has 0 fully saturated rings. The minimum absolute atomic E-state index is 0.120. The molecule has 2 aromatic rings. The van der Waals surface area contributed by atoms with Crippen LogP contribution in [0.15, 0.2) is 42.6 Å². The number of amides is 1. The molecule has 0 atom stereocenters. The molecule has 21 heavy (non-hydrogen) atoms. The van der Waals surface area contributed by atoms with E-state index in [1.165, 1.54) is 0 Å². The highest BCUT2D eigenvalue weighted by molar-refractivity contribution is 5.94. The summed E-state index contributed by atoms with van der Waals surface area (Å²) >= 11 is 0. The van der Waals surface area contributed by atoms with Crippen LogP contribution in [0.3, 0.4) is 0 Å². The standard InChI is InChI=1S/C16H15N3O2/c1-19(11-14-4-3-9-18-15(14)21-2)16(20)13-7-5-12(10-17)6-8-13/h3-9H,11H2,1-2H3. The first-order valence-electron chi connectivity index (χ1n) is 6.39. The molecule has 0 aliphatic rings. The number of benzene rings is 1. The number of methoxy groups -OCH3 is 1. The van der Waals surface area contributed by atoms with Gasteiger partial charge in [0, 0.05) is 24.4 Å². The first-order valence-corrected chi connectivity index (χ1v) is 6.39. The van der Waals surface area contributed by atoms with E-state index >= 15 is 0 Å². The number of carbonyl (C=O) groups is 1. The second-order valence-electron chi connectivity index (χ2n) is 4.52. The van der Waals surface area contributed by atoms with Crippen LogP contribution in [0.5, 0.6) is 5.88 Å². The van der Waals surface area contributed by atoms with Crippen molar-refractivity contribution in [3.05, 3.63) is 59.3 Å². The Morgan fingerprint density at radius 3 is 2.67 bits per heavy atom. The molecule has 0 aliphatic carbocycles. The smallest absolute Gasteiger partial charge is 0.253 e. The number of rotatable bonds is 4. The highest BCUT2D eigenvalue weighted by Crippen LogP contribution is 2.16. The molecule has 1 amide bonds. The molecule has 2 rings (SSSR count). The van der Waals surface area contributed by atoms with E-state index in [-0.39, 0.29) is 5.91 Å². The maximum absolute atomic E-state index is 12.3. The zero-order valence-corrected chi connectivity index (χ0v) is 11.9. The summed E-state index contributed by atoms with van der Waals surface area (Å²) in [5, 5.41) is 8.76. The summed E-state index contributed by atoms with van der Waals surface area (Å²) in [7, 11) is 3.27. The van der Waals surface area contributed by atoms with Gasteiger partial charge in [-0.2, -0.15) is 5.26 Å². The summed E-state index contributed by atoms with van der Waals surface area (Å²) in [6.07, 6.45) is 1.64. The summed E-state index contributed by atoms with van der Waals surface area (Å²) in [5.41, 5.74) is 1.91. The Labute approximate surface area is 123 Å². The molecule has 0 N–H and O–H groups in total. The van der Waals surface area contributed by atoms with Crippen molar-refractivity contribution in [2.45, 2.75) is 6.54 Å². The van der Waals surface area contributed by atoms with Gasteiger partial charge in [-0.05, 0) is 30.3 Å². The topological polar surface area (TPSA) is 66.2 Å². The Hall–Kier alpha value is -2.87. The van der Waals surface area contributed by atoms with Gasteiger partial charge in [0.1, 0.15) is 0 Å². The zero-order valence-electron chi connectivity index (χ0n) is 11.9. The van der Waals surface area contributed by atoms with Gasteiger partial charge in [0.25, 0.3) is 5.91 Å². The fourth-order valence-corrected chi connectivity index (χ4v) is 1.96. The van der Waals surface area contributed by atoms with Crippen molar-refractivity contribution in [2.24, 2.45) is 0 Å². The van der Waals surface area contributed by atoms with Gasteiger partial charge in [0.05, 0.1) is 25.3 Å². The van der Waals surface area contributed by atoms with Crippen molar-refractivity contribution in [2.75, 3.05) is 14.2 Å². The lowest BCUT2D eigenvalue weighted by molar-refractivity contribution is 0.0784. The lowest BCUT2D eigenvalue weighted by atomic mass is 10.1. The normalized spacial score (nSPS) is 9.76. The highest BCUT2D eigenvalue weighted by atomic mass is 16.5. The highest BCUT2D eigenvalue weighted by Gasteiger charge is 2.14. The van der Waals surface area contributed by atoms with Crippen molar-refractivity contribution in [3.63, 3.8) is 0 Å². The van der Waals surface area contributed by atoms with Crippen LogP contribution in [0.25, 0.3) is 0 Å². The first-order chi connectivity index (χ1) is 10.2. The van der Waals surface area contributed by atoms with E-state index in [0.29, 0.717) is 23.6 Å². The zero-order chi connectivity index (χ0) is 15.2. The molecule has 5 nitrogen and oxygen atoms in total. The van der Waals surface area contributed by atoms with Crippen LogP contribution in [-0.2, 0) is 6.54 Å². The van der Waals surface area contributed by atoms with Gasteiger partial charge in [0.2, 0.25) is 5.88 Å². The largest absolute Gasteiger partial charge is 0.481 e. The average Bonchev–Trinajstić information content (AvgIpc) is 2.54. The van der Waals surface area contributed by atoms with E-state index in [9.17, 15) is 4.79 Å². The molecule has 1 aromatic heterocycles. The molecule has 0 spiro atoms. The number of pyridine rings is 1. The second kappa shape index (κ2) is 6.53. The number of carbonyl (C=O) groups excluding carboxylic acids is 1. The van der Waals surface area contributed by atoms with Crippen LogP contribution in [0.2, 0.25) is 0 Å². The molecule has 0 bridgehead atoms. The molecule has 1 aromatic carbocycles.